The quantitative estimate of drug-likeness (QED) is 0.557. The van der Waals surface area contributed by atoms with Crippen molar-refractivity contribution >= 4 is 34.1 Å². The van der Waals surface area contributed by atoms with E-state index in [1.165, 1.54) is 0 Å². The van der Waals surface area contributed by atoms with E-state index in [1.807, 2.05) is 37.3 Å². The smallest absolute Gasteiger partial charge is 0.276 e. The van der Waals surface area contributed by atoms with Crippen LogP contribution in [0.2, 0.25) is 5.02 Å². The van der Waals surface area contributed by atoms with Crippen molar-refractivity contribution in [2.24, 2.45) is 0 Å². The van der Waals surface area contributed by atoms with Crippen molar-refractivity contribution in [2.45, 2.75) is 13.5 Å². The summed E-state index contributed by atoms with van der Waals surface area (Å²) in [5.41, 5.74) is 3.53. The number of rotatable bonds is 3. The number of carbonyl (C=O) groups is 1. The Morgan fingerprint density at radius 2 is 2.08 bits per heavy atom. The first kappa shape index (κ1) is 16.5. The Morgan fingerprint density at radius 3 is 2.92 bits per heavy atom. The second-order valence-electron chi connectivity index (χ2n) is 6.21. The Bertz CT molecular complexity index is 1130. The van der Waals surface area contributed by atoms with Crippen LogP contribution in [0.4, 0.5) is 0 Å². The van der Waals surface area contributed by atoms with Crippen molar-refractivity contribution in [3.63, 3.8) is 0 Å². The van der Waals surface area contributed by atoms with Gasteiger partial charge < -0.3 is 4.90 Å². The molecule has 0 saturated carbocycles. The number of nitrogens with zero attached hydrogens (tertiary/aromatic N) is 5. The molecule has 7 heteroatoms. The average Bonchev–Trinajstić information content (AvgIpc) is 2.97. The molecule has 130 valence electrons. The molecule has 0 radical (unpaired) electrons. The molecule has 3 heterocycles. The first-order chi connectivity index (χ1) is 12.5. The number of hydrogen-bond acceptors (Lipinski definition) is 4. The Morgan fingerprint density at radius 1 is 1.23 bits per heavy atom. The van der Waals surface area contributed by atoms with Crippen molar-refractivity contribution in [1.82, 2.24) is 24.5 Å². The Balaban J connectivity index is 1.67. The maximum Gasteiger partial charge on any atom is 0.276 e. The van der Waals surface area contributed by atoms with Gasteiger partial charge in [0.15, 0.2) is 11.3 Å². The molecule has 0 unspecified atom stereocenters. The molecular formula is C19H16ClN5O. The number of aromatic nitrogens is 4. The highest BCUT2D eigenvalue weighted by Gasteiger charge is 2.22. The number of fused-ring (bicyclic) bond motifs is 2. The van der Waals surface area contributed by atoms with Gasteiger partial charge in [-0.3, -0.25) is 9.78 Å². The fourth-order valence-corrected chi connectivity index (χ4v) is 3.20. The van der Waals surface area contributed by atoms with Crippen LogP contribution < -0.4 is 0 Å². The zero-order valence-electron chi connectivity index (χ0n) is 14.3. The van der Waals surface area contributed by atoms with Crippen LogP contribution in [0.15, 0.2) is 48.9 Å². The summed E-state index contributed by atoms with van der Waals surface area (Å²) in [5, 5.41) is 5.60. The zero-order valence-corrected chi connectivity index (χ0v) is 15.1. The SMILES string of the molecule is Cc1cnc2c(Cl)c(C(=O)N(C)Cc3cccc4ncccc34)nn2c1. The predicted molar refractivity (Wildman–Crippen MR) is 100 cm³/mol. The number of halogens is 1. The molecule has 0 spiro atoms. The summed E-state index contributed by atoms with van der Waals surface area (Å²) in [6.07, 6.45) is 5.25. The van der Waals surface area contributed by atoms with Crippen molar-refractivity contribution in [1.29, 1.82) is 0 Å². The molecule has 4 rings (SSSR count). The normalized spacial score (nSPS) is 11.2. The molecule has 0 saturated heterocycles. The fraction of sp³-hybridized carbons (Fsp3) is 0.158. The Hall–Kier alpha value is -2.99. The number of pyridine rings is 1. The van der Waals surface area contributed by atoms with Gasteiger partial charge in [-0.15, -0.1) is 0 Å². The zero-order chi connectivity index (χ0) is 18.3. The molecule has 0 bridgehead atoms. The summed E-state index contributed by atoms with van der Waals surface area (Å²) in [7, 11) is 1.73. The van der Waals surface area contributed by atoms with Gasteiger partial charge in [0.25, 0.3) is 5.91 Å². The van der Waals surface area contributed by atoms with E-state index in [2.05, 4.69) is 15.1 Å². The summed E-state index contributed by atoms with van der Waals surface area (Å²) < 4.78 is 1.54. The van der Waals surface area contributed by atoms with Crippen molar-refractivity contribution in [3.05, 3.63) is 70.8 Å². The first-order valence-electron chi connectivity index (χ1n) is 8.13. The van der Waals surface area contributed by atoms with Gasteiger partial charge in [0.05, 0.1) is 5.52 Å². The lowest BCUT2D eigenvalue weighted by Gasteiger charge is -2.17. The maximum absolute atomic E-state index is 12.9. The van der Waals surface area contributed by atoms with Crippen molar-refractivity contribution < 1.29 is 4.79 Å². The minimum atomic E-state index is -0.251. The third-order valence-corrected chi connectivity index (χ3v) is 4.59. The van der Waals surface area contributed by atoms with Crippen molar-refractivity contribution in [3.8, 4) is 0 Å². The van der Waals surface area contributed by atoms with Crippen LogP contribution >= 0.6 is 11.6 Å². The molecule has 4 aromatic rings. The van der Waals surface area contributed by atoms with Gasteiger partial charge in [-0.1, -0.05) is 29.8 Å². The highest BCUT2D eigenvalue weighted by molar-refractivity contribution is 6.36. The second-order valence-corrected chi connectivity index (χ2v) is 6.59. The van der Waals surface area contributed by atoms with Gasteiger partial charge in [-0.2, -0.15) is 5.10 Å². The van der Waals surface area contributed by atoms with Crippen LogP contribution in [0.1, 0.15) is 21.6 Å². The number of hydrogen-bond donors (Lipinski definition) is 0. The van der Waals surface area contributed by atoms with E-state index in [1.54, 1.807) is 35.1 Å². The van der Waals surface area contributed by atoms with E-state index in [0.29, 0.717) is 12.2 Å². The molecule has 0 aliphatic carbocycles. The van der Waals surface area contributed by atoms with E-state index in [-0.39, 0.29) is 16.6 Å². The molecule has 0 N–H and O–H groups in total. The van der Waals surface area contributed by atoms with Gasteiger partial charge in [-0.05, 0) is 30.2 Å². The van der Waals surface area contributed by atoms with Gasteiger partial charge in [0, 0.05) is 37.6 Å². The van der Waals surface area contributed by atoms with Crippen LogP contribution in [0, 0.1) is 6.92 Å². The van der Waals surface area contributed by atoms with E-state index in [9.17, 15) is 4.79 Å². The van der Waals surface area contributed by atoms with Crippen LogP contribution in [0.5, 0.6) is 0 Å². The topological polar surface area (TPSA) is 63.4 Å². The van der Waals surface area contributed by atoms with Gasteiger partial charge in [0.2, 0.25) is 0 Å². The number of carbonyl (C=O) groups excluding carboxylic acids is 1. The average molecular weight is 366 g/mol. The van der Waals surface area contributed by atoms with E-state index in [0.717, 1.165) is 22.0 Å². The molecule has 0 atom stereocenters. The molecule has 3 aromatic heterocycles. The largest absolute Gasteiger partial charge is 0.336 e. The van der Waals surface area contributed by atoms with E-state index < -0.39 is 0 Å². The summed E-state index contributed by atoms with van der Waals surface area (Å²) in [4.78, 5) is 23.1. The third-order valence-electron chi connectivity index (χ3n) is 4.24. The summed E-state index contributed by atoms with van der Waals surface area (Å²) >= 11 is 6.34. The highest BCUT2D eigenvalue weighted by Crippen LogP contribution is 2.23. The van der Waals surface area contributed by atoms with E-state index in [4.69, 9.17) is 11.6 Å². The third kappa shape index (κ3) is 2.78. The van der Waals surface area contributed by atoms with Gasteiger partial charge >= 0.3 is 0 Å². The number of aryl methyl sites for hydroxylation is 1. The lowest BCUT2D eigenvalue weighted by Crippen LogP contribution is -2.27. The molecule has 1 amide bonds. The summed E-state index contributed by atoms with van der Waals surface area (Å²) in [6, 6.07) is 9.77. The molecule has 0 aliphatic rings. The lowest BCUT2D eigenvalue weighted by atomic mass is 10.1. The lowest BCUT2D eigenvalue weighted by molar-refractivity contribution is 0.0779. The standard InChI is InChI=1S/C19H16ClN5O/c1-12-9-22-18-16(20)17(23-25(18)10-12)19(26)24(2)11-13-5-3-7-15-14(13)6-4-8-21-15/h3-10H,11H2,1-2H3. The molecular weight excluding hydrogens is 350 g/mol. The maximum atomic E-state index is 12.9. The summed E-state index contributed by atoms with van der Waals surface area (Å²) in [5.74, 6) is -0.251. The number of benzene rings is 1. The monoisotopic (exact) mass is 365 g/mol. The van der Waals surface area contributed by atoms with Gasteiger partial charge in [-0.25, -0.2) is 9.50 Å². The predicted octanol–water partition coefficient (Wildman–Crippen LogP) is 3.51. The second kappa shape index (κ2) is 6.38. The highest BCUT2D eigenvalue weighted by atomic mass is 35.5. The Labute approximate surface area is 155 Å². The molecule has 26 heavy (non-hydrogen) atoms. The molecule has 1 aromatic carbocycles. The molecule has 0 fully saturated rings. The minimum Gasteiger partial charge on any atom is -0.336 e. The van der Waals surface area contributed by atoms with Crippen LogP contribution in [-0.2, 0) is 6.54 Å². The Kier molecular flexibility index (Phi) is 4.05. The van der Waals surface area contributed by atoms with Gasteiger partial charge in [0.1, 0.15) is 5.02 Å². The summed E-state index contributed by atoms with van der Waals surface area (Å²) in [6.45, 7) is 2.34. The molecule has 6 nitrogen and oxygen atoms in total. The molecule has 0 aliphatic heterocycles. The van der Waals surface area contributed by atoms with E-state index >= 15 is 0 Å². The van der Waals surface area contributed by atoms with Crippen LogP contribution in [0.3, 0.4) is 0 Å². The number of amides is 1. The first-order valence-corrected chi connectivity index (χ1v) is 8.51. The minimum absolute atomic E-state index is 0.200. The fourth-order valence-electron chi connectivity index (χ4n) is 2.95. The van der Waals surface area contributed by atoms with Crippen molar-refractivity contribution in [2.75, 3.05) is 7.05 Å². The van der Waals surface area contributed by atoms with Crippen LogP contribution in [-0.4, -0.2) is 37.4 Å². The van der Waals surface area contributed by atoms with Crippen LogP contribution in [0.25, 0.3) is 16.6 Å².